The van der Waals surface area contributed by atoms with Crippen LogP contribution in [0.1, 0.15) is 13.8 Å². The SMILES string of the molecule is C/C(N)=C\C=C(/C)Nc1ccc(N)cc1. The summed E-state index contributed by atoms with van der Waals surface area (Å²) in [6.07, 6.45) is 3.80. The molecule has 0 aliphatic rings. The molecule has 0 spiro atoms. The van der Waals surface area contributed by atoms with Gasteiger partial charge in [0, 0.05) is 22.8 Å². The first kappa shape index (κ1) is 11.2. The van der Waals surface area contributed by atoms with Crippen molar-refractivity contribution in [3.63, 3.8) is 0 Å². The first-order valence-corrected chi connectivity index (χ1v) is 4.81. The zero-order valence-corrected chi connectivity index (χ0v) is 9.12. The average Bonchev–Trinajstić information content (AvgIpc) is 2.19. The lowest BCUT2D eigenvalue weighted by Crippen LogP contribution is -1.96. The van der Waals surface area contributed by atoms with Crippen molar-refractivity contribution in [2.45, 2.75) is 13.8 Å². The van der Waals surface area contributed by atoms with Gasteiger partial charge in [0.2, 0.25) is 0 Å². The first-order valence-electron chi connectivity index (χ1n) is 4.81. The summed E-state index contributed by atoms with van der Waals surface area (Å²) in [5, 5.41) is 3.23. The van der Waals surface area contributed by atoms with E-state index in [0.717, 1.165) is 22.8 Å². The Morgan fingerprint density at radius 3 is 2.27 bits per heavy atom. The van der Waals surface area contributed by atoms with Crippen LogP contribution in [-0.4, -0.2) is 0 Å². The molecule has 0 saturated carbocycles. The number of hydrogen-bond acceptors (Lipinski definition) is 3. The molecule has 0 amide bonds. The minimum atomic E-state index is 0.764. The Morgan fingerprint density at radius 2 is 1.73 bits per heavy atom. The monoisotopic (exact) mass is 203 g/mol. The van der Waals surface area contributed by atoms with Crippen molar-refractivity contribution in [2.24, 2.45) is 5.73 Å². The van der Waals surface area contributed by atoms with Crippen LogP contribution in [0.15, 0.2) is 47.8 Å². The van der Waals surface area contributed by atoms with E-state index in [1.165, 1.54) is 0 Å². The molecule has 5 N–H and O–H groups in total. The molecular weight excluding hydrogens is 186 g/mol. The summed E-state index contributed by atoms with van der Waals surface area (Å²) in [6.45, 7) is 3.84. The molecule has 0 unspecified atom stereocenters. The largest absolute Gasteiger partial charge is 0.402 e. The molecule has 1 rings (SSSR count). The molecule has 1 aromatic carbocycles. The molecule has 80 valence electrons. The zero-order chi connectivity index (χ0) is 11.3. The fraction of sp³-hybridized carbons (Fsp3) is 0.167. The Kier molecular flexibility index (Phi) is 3.80. The maximum absolute atomic E-state index is 5.59. The van der Waals surface area contributed by atoms with Gasteiger partial charge >= 0.3 is 0 Å². The van der Waals surface area contributed by atoms with Crippen molar-refractivity contribution in [3.8, 4) is 0 Å². The minimum Gasteiger partial charge on any atom is -0.402 e. The molecular formula is C12H17N3. The van der Waals surface area contributed by atoms with E-state index in [4.69, 9.17) is 11.5 Å². The van der Waals surface area contributed by atoms with Gasteiger partial charge in [0.1, 0.15) is 0 Å². The lowest BCUT2D eigenvalue weighted by atomic mass is 10.2. The number of nitrogens with one attached hydrogen (secondary N) is 1. The summed E-state index contributed by atoms with van der Waals surface area (Å²) >= 11 is 0. The van der Waals surface area contributed by atoms with Crippen LogP contribution < -0.4 is 16.8 Å². The highest BCUT2D eigenvalue weighted by Gasteiger charge is 1.91. The van der Waals surface area contributed by atoms with Crippen LogP contribution in [0.4, 0.5) is 11.4 Å². The second-order valence-corrected chi connectivity index (χ2v) is 3.51. The molecule has 0 fully saturated rings. The van der Waals surface area contributed by atoms with E-state index in [2.05, 4.69) is 5.32 Å². The molecule has 0 aromatic heterocycles. The molecule has 15 heavy (non-hydrogen) atoms. The predicted molar refractivity (Wildman–Crippen MR) is 66.2 cm³/mol. The number of nitrogens with two attached hydrogens (primary N) is 2. The number of hydrogen-bond donors (Lipinski definition) is 3. The zero-order valence-electron chi connectivity index (χ0n) is 9.12. The average molecular weight is 203 g/mol. The van der Waals surface area contributed by atoms with Crippen molar-refractivity contribution in [2.75, 3.05) is 11.1 Å². The van der Waals surface area contributed by atoms with Crippen molar-refractivity contribution in [3.05, 3.63) is 47.8 Å². The fourth-order valence-electron chi connectivity index (χ4n) is 1.09. The van der Waals surface area contributed by atoms with Crippen LogP contribution in [0.5, 0.6) is 0 Å². The van der Waals surface area contributed by atoms with E-state index in [-0.39, 0.29) is 0 Å². The highest BCUT2D eigenvalue weighted by Crippen LogP contribution is 2.12. The Labute approximate surface area is 90.5 Å². The van der Waals surface area contributed by atoms with Gasteiger partial charge in [-0.05, 0) is 50.3 Å². The van der Waals surface area contributed by atoms with E-state index in [9.17, 15) is 0 Å². The summed E-state index contributed by atoms with van der Waals surface area (Å²) in [7, 11) is 0. The standard InChI is InChI=1S/C12H17N3/c1-9(13)3-4-10(2)15-12-7-5-11(14)6-8-12/h3-8,15H,13-14H2,1-2H3/b9-3+,10-4+. The number of allylic oxidation sites excluding steroid dienone is 4. The minimum absolute atomic E-state index is 0.764. The van der Waals surface area contributed by atoms with Gasteiger partial charge in [-0.15, -0.1) is 0 Å². The fourth-order valence-corrected chi connectivity index (χ4v) is 1.09. The predicted octanol–water partition coefficient (Wildman–Crippen LogP) is 2.45. The maximum Gasteiger partial charge on any atom is 0.0383 e. The molecule has 0 radical (unpaired) electrons. The smallest absolute Gasteiger partial charge is 0.0383 e. The van der Waals surface area contributed by atoms with Crippen LogP contribution in [-0.2, 0) is 0 Å². The lowest BCUT2D eigenvalue weighted by molar-refractivity contribution is 1.30. The molecule has 0 aliphatic carbocycles. The quantitative estimate of drug-likeness (QED) is 0.522. The van der Waals surface area contributed by atoms with Gasteiger partial charge < -0.3 is 16.8 Å². The van der Waals surface area contributed by atoms with E-state index in [1.54, 1.807) is 0 Å². The van der Waals surface area contributed by atoms with Gasteiger partial charge in [-0.3, -0.25) is 0 Å². The molecule has 0 saturated heterocycles. The Morgan fingerprint density at radius 1 is 1.13 bits per heavy atom. The van der Waals surface area contributed by atoms with Crippen LogP contribution >= 0.6 is 0 Å². The van der Waals surface area contributed by atoms with Gasteiger partial charge in [0.25, 0.3) is 0 Å². The van der Waals surface area contributed by atoms with E-state index >= 15 is 0 Å². The van der Waals surface area contributed by atoms with Gasteiger partial charge in [0.15, 0.2) is 0 Å². The van der Waals surface area contributed by atoms with Crippen molar-refractivity contribution < 1.29 is 0 Å². The molecule has 0 aliphatic heterocycles. The van der Waals surface area contributed by atoms with Crippen molar-refractivity contribution in [1.29, 1.82) is 0 Å². The van der Waals surface area contributed by atoms with Crippen LogP contribution in [0.3, 0.4) is 0 Å². The van der Waals surface area contributed by atoms with Crippen molar-refractivity contribution in [1.82, 2.24) is 0 Å². The summed E-state index contributed by atoms with van der Waals surface area (Å²) in [5.41, 5.74) is 14.7. The third-order valence-corrected chi connectivity index (χ3v) is 1.85. The topological polar surface area (TPSA) is 64.1 Å². The summed E-state index contributed by atoms with van der Waals surface area (Å²) < 4.78 is 0. The van der Waals surface area contributed by atoms with Gasteiger partial charge in [0.05, 0.1) is 0 Å². The Hall–Kier alpha value is -1.90. The van der Waals surface area contributed by atoms with Crippen LogP contribution in [0, 0.1) is 0 Å². The third-order valence-electron chi connectivity index (χ3n) is 1.85. The van der Waals surface area contributed by atoms with Gasteiger partial charge in [-0.25, -0.2) is 0 Å². The number of nitrogen functional groups attached to an aromatic ring is 1. The highest BCUT2D eigenvalue weighted by atomic mass is 14.9. The summed E-state index contributed by atoms with van der Waals surface area (Å²) in [5.74, 6) is 0. The Bertz CT molecular complexity index is 370. The molecule has 0 atom stereocenters. The highest BCUT2D eigenvalue weighted by molar-refractivity contribution is 5.54. The Balaban J connectivity index is 2.66. The van der Waals surface area contributed by atoms with E-state index in [1.807, 2.05) is 50.3 Å². The molecule has 0 heterocycles. The van der Waals surface area contributed by atoms with Gasteiger partial charge in [-0.1, -0.05) is 0 Å². The van der Waals surface area contributed by atoms with E-state index < -0.39 is 0 Å². The van der Waals surface area contributed by atoms with Gasteiger partial charge in [-0.2, -0.15) is 0 Å². The van der Waals surface area contributed by atoms with E-state index in [0.29, 0.717) is 0 Å². The number of rotatable bonds is 3. The first-order chi connectivity index (χ1) is 7.08. The molecule has 1 aromatic rings. The van der Waals surface area contributed by atoms with Crippen LogP contribution in [0.25, 0.3) is 0 Å². The number of anilines is 2. The number of benzene rings is 1. The molecule has 3 nitrogen and oxygen atoms in total. The summed E-state index contributed by atoms with van der Waals surface area (Å²) in [6, 6.07) is 7.59. The molecule has 0 bridgehead atoms. The summed E-state index contributed by atoms with van der Waals surface area (Å²) in [4.78, 5) is 0. The van der Waals surface area contributed by atoms with Crippen molar-refractivity contribution >= 4 is 11.4 Å². The normalized spacial score (nSPS) is 12.7. The van der Waals surface area contributed by atoms with Crippen LogP contribution in [0.2, 0.25) is 0 Å². The third kappa shape index (κ3) is 4.22. The second-order valence-electron chi connectivity index (χ2n) is 3.51. The lowest BCUT2D eigenvalue weighted by Gasteiger charge is -2.05. The molecule has 3 heteroatoms. The maximum atomic E-state index is 5.59. The second kappa shape index (κ2) is 5.10.